The molecular formula is C14H11Na. The van der Waals surface area contributed by atoms with Gasteiger partial charge in [0.25, 0.3) is 0 Å². The zero-order valence-electron chi connectivity index (χ0n) is 8.85. The molecule has 0 fully saturated rings. The second kappa shape index (κ2) is 6.62. The van der Waals surface area contributed by atoms with Gasteiger partial charge >= 0.3 is 29.6 Å². The maximum atomic E-state index is 3.15. The van der Waals surface area contributed by atoms with E-state index in [0.29, 0.717) is 0 Å². The van der Waals surface area contributed by atoms with Gasteiger partial charge in [0.1, 0.15) is 0 Å². The largest absolute Gasteiger partial charge is 1.00 e. The van der Waals surface area contributed by atoms with E-state index < -0.39 is 0 Å². The Labute approximate surface area is 113 Å². The average Bonchev–Trinajstić information content (AvgIpc) is 2.29. The van der Waals surface area contributed by atoms with Crippen LogP contribution in [-0.4, -0.2) is 0 Å². The van der Waals surface area contributed by atoms with Gasteiger partial charge in [-0.05, 0) is 5.56 Å². The van der Waals surface area contributed by atoms with E-state index in [1.807, 2.05) is 42.5 Å². The molecule has 0 amide bonds. The molecule has 0 aliphatic carbocycles. The molecule has 0 spiro atoms. The molecule has 0 unspecified atom stereocenters. The van der Waals surface area contributed by atoms with Gasteiger partial charge in [-0.15, -0.1) is 36.4 Å². The normalized spacial score (nSPS) is 9.87. The van der Waals surface area contributed by atoms with Crippen molar-refractivity contribution in [3.63, 3.8) is 0 Å². The van der Waals surface area contributed by atoms with Crippen LogP contribution in [0.5, 0.6) is 0 Å². The molecule has 2 aromatic carbocycles. The topological polar surface area (TPSA) is 0 Å². The van der Waals surface area contributed by atoms with E-state index in [1.165, 1.54) is 5.56 Å². The van der Waals surface area contributed by atoms with Crippen molar-refractivity contribution < 1.29 is 29.6 Å². The molecular weight excluding hydrogens is 191 g/mol. The minimum Gasteiger partial charge on any atom is -0.150 e. The summed E-state index contributed by atoms with van der Waals surface area (Å²) < 4.78 is 0. The Hall–Kier alpha value is -0.820. The summed E-state index contributed by atoms with van der Waals surface area (Å²) in [5, 5.41) is 0. The van der Waals surface area contributed by atoms with Crippen LogP contribution in [0.15, 0.2) is 54.6 Å². The summed E-state index contributed by atoms with van der Waals surface area (Å²) in [5.41, 5.74) is 2.32. The van der Waals surface area contributed by atoms with Gasteiger partial charge in [-0.1, -0.05) is 36.4 Å². The minimum absolute atomic E-state index is 0. The molecule has 0 saturated carbocycles. The Morgan fingerprint density at radius 1 is 0.800 bits per heavy atom. The van der Waals surface area contributed by atoms with Gasteiger partial charge in [-0.3, -0.25) is 0 Å². The first-order valence-corrected chi connectivity index (χ1v) is 4.65. The van der Waals surface area contributed by atoms with Crippen LogP contribution in [0.25, 0.3) is 12.2 Å². The van der Waals surface area contributed by atoms with Crippen molar-refractivity contribution in [1.29, 1.82) is 0 Å². The first-order chi connectivity index (χ1) is 6.95. The summed E-state index contributed by atoms with van der Waals surface area (Å²) >= 11 is 0. The third kappa shape index (κ3) is 4.05. The van der Waals surface area contributed by atoms with Crippen molar-refractivity contribution in [2.75, 3.05) is 0 Å². The van der Waals surface area contributed by atoms with Gasteiger partial charge in [0, 0.05) is 0 Å². The van der Waals surface area contributed by atoms with E-state index >= 15 is 0 Å². The van der Waals surface area contributed by atoms with Crippen molar-refractivity contribution in [2.45, 2.75) is 0 Å². The SMILES string of the molecule is [Na+].[c-]1ccccc1C=Cc1ccccc1. The summed E-state index contributed by atoms with van der Waals surface area (Å²) in [7, 11) is 0. The van der Waals surface area contributed by atoms with Crippen LogP contribution in [-0.2, 0) is 0 Å². The first kappa shape index (κ1) is 12.3. The number of benzene rings is 2. The number of rotatable bonds is 2. The van der Waals surface area contributed by atoms with Crippen LogP contribution in [0, 0.1) is 6.07 Å². The Morgan fingerprint density at radius 2 is 1.53 bits per heavy atom. The summed E-state index contributed by atoms with van der Waals surface area (Å²) in [6, 6.07) is 21.4. The van der Waals surface area contributed by atoms with Gasteiger partial charge < -0.3 is 0 Å². The van der Waals surface area contributed by atoms with E-state index in [4.69, 9.17) is 0 Å². The summed E-state index contributed by atoms with van der Waals surface area (Å²) in [6.45, 7) is 0. The zero-order valence-corrected chi connectivity index (χ0v) is 10.9. The quantitative estimate of drug-likeness (QED) is 0.381. The van der Waals surface area contributed by atoms with Crippen LogP contribution in [0.4, 0.5) is 0 Å². The monoisotopic (exact) mass is 202 g/mol. The van der Waals surface area contributed by atoms with E-state index in [0.717, 1.165) is 5.56 Å². The maximum Gasteiger partial charge on any atom is 1.00 e. The van der Waals surface area contributed by atoms with Crippen molar-refractivity contribution in [2.24, 2.45) is 0 Å². The van der Waals surface area contributed by atoms with E-state index in [-0.39, 0.29) is 29.6 Å². The Kier molecular flexibility index (Phi) is 5.41. The van der Waals surface area contributed by atoms with Crippen molar-refractivity contribution in [1.82, 2.24) is 0 Å². The molecule has 2 aromatic rings. The zero-order chi connectivity index (χ0) is 9.64. The molecule has 0 aliphatic heterocycles. The molecule has 0 heterocycles. The van der Waals surface area contributed by atoms with Crippen molar-refractivity contribution in [3.8, 4) is 0 Å². The summed E-state index contributed by atoms with van der Waals surface area (Å²) in [4.78, 5) is 0. The van der Waals surface area contributed by atoms with E-state index in [1.54, 1.807) is 0 Å². The van der Waals surface area contributed by atoms with Gasteiger partial charge in [0.05, 0.1) is 0 Å². The first-order valence-electron chi connectivity index (χ1n) is 4.65. The fourth-order valence-electron chi connectivity index (χ4n) is 1.26. The molecule has 0 N–H and O–H groups in total. The summed E-state index contributed by atoms with van der Waals surface area (Å²) in [5.74, 6) is 0. The molecule has 0 nitrogen and oxygen atoms in total. The fourth-order valence-corrected chi connectivity index (χ4v) is 1.26. The molecule has 0 radical (unpaired) electrons. The van der Waals surface area contributed by atoms with Crippen LogP contribution >= 0.6 is 0 Å². The van der Waals surface area contributed by atoms with Crippen molar-refractivity contribution in [3.05, 3.63) is 71.8 Å². The number of hydrogen-bond donors (Lipinski definition) is 0. The molecule has 0 aliphatic rings. The molecule has 0 saturated heterocycles. The van der Waals surface area contributed by atoms with Crippen LogP contribution in [0.3, 0.4) is 0 Å². The van der Waals surface area contributed by atoms with Crippen LogP contribution in [0.2, 0.25) is 0 Å². The molecule has 0 atom stereocenters. The Bertz CT molecular complexity index is 362. The summed E-state index contributed by atoms with van der Waals surface area (Å²) in [6.07, 6.45) is 4.15. The van der Waals surface area contributed by atoms with Gasteiger partial charge in [0.15, 0.2) is 0 Å². The van der Waals surface area contributed by atoms with E-state index in [2.05, 4.69) is 30.4 Å². The molecule has 1 heteroatoms. The van der Waals surface area contributed by atoms with Gasteiger partial charge in [-0.25, -0.2) is 0 Å². The van der Waals surface area contributed by atoms with Gasteiger partial charge in [0.2, 0.25) is 0 Å². The predicted molar refractivity (Wildman–Crippen MR) is 60.6 cm³/mol. The smallest absolute Gasteiger partial charge is 0.150 e. The molecule has 0 aromatic heterocycles. The third-order valence-electron chi connectivity index (χ3n) is 1.99. The average molecular weight is 202 g/mol. The fraction of sp³-hybridized carbons (Fsp3) is 0. The third-order valence-corrected chi connectivity index (χ3v) is 1.99. The van der Waals surface area contributed by atoms with Crippen LogP contribution in [0.1, 0.15) is 11.1 Å². The standard InChI is InChI=1S/C14H11.Na/c1-3-7-13(8-4-1)11-12-14-9-5-2-6-10-14;/h1-9,11-12H;/q-1;+1. The number of hydrogen-bond acceptors (Lipinski definition) is 0. The predicted octanol–water partition coefficient (Wildman–Crippen LogP) is 0.661. The second-order valence-electron chi connectivity index (χ2n) is 3.06. The second-order valence-corrected chi connectivity index (χ2v) is 3.06. The maximum absolute atomic E-state index is 3.15. The van der Waals surface area contributed by atoms with E-state index in [9.17, 15) is 0 Å². The molecule has 0 bridgehead atoms. The van der Waals surface area contributed by atoms with Gasteiger partial charge in [-0.2, -0.15) is 5.56 Å². The molecule has 2 rings (SSSR count). The Morgan fingerprint density at radius 3 is 2.20 bits per heavy atom. The minimum atomic E-state index is 0. The Balaban J connectivity index is 0.00000112. The van der Waals surface area contributed by atoms with Crippen LogP contribution < -0.4 is 29.6 Å². The van der Waals surface area contributed by atoms with Crippen molar-refractivity contribution >= 4 is 12.2 Å². The molecule has 15 heavy (non-hydrogen) atoms. The molecule has 68 valence electrons.